The quantitative estimate of drug-likeness (QED) is 0.421. The minimum absolute atomic E-state index is 0.00934. The van der Waals surface area contributed by atoms with Crippen LogP contribution in [0.3, 0.4) is 0 Å². The molecule has 1 aliphatic carbocycles. The summed E-state index contributed by atoms with van der Waals surface area (Å²) in [6.45, 7) is 5.77. The van der Waals surface area contributed by atoms with Gasteiger partial charge in [-0.25, -0.2) is 0 Å². The standard InChI is InChI=1S/C28H33F3N2O2/c1-19(2)12-13-33(18-22-5-3-4-21(14-22)17-32)26-11-6-20(16-27(34)35)15-25(26)23-7-9-24(10-8-23)28(29,30)31/h3-5,7-10,14,19-20,25-26H,6,11-13,15-16,18H2,1-2H3,(H,34,35)/t20?,25-,26+/m0/s1. The van der Waals surface area contributed by atoms with Gasteiger partial charge in [-0.05, 0) is 85.4 Å². The van der Waals surface area contributed by atoms with Crippen LogP contribution >= 0.6 is 0 Å². The van der Waals surface area contributed by atoms with Crippen LogP contribution in [0.2, 0.25) is 0 Å². The molecule has 1 unspecified atom stereocenters. The lowest BCUT2D eigenvalue weighted by Crippen LogP contribution is -2.43. The van der Waals surface area contributed by atoms with Gasteiger partial charge in [0.15, 0.2) is 0 Å². The minimum atomic E-state index is -4.40. The van der Waals surface area contributed by atoms with Crippen LogP contribution in [0.1, 0.15) is 74.1 Å². The molecule has 3 atom stereocenters. The highest BCUT2D eigenvalue weighted by Gasteiger charge is 2.37. The lowest BCUT2D eigenvalue weighted by Gasteiger charge is -2.43. The third-order valence-electron chi connectivity index (χ3n) is 6.96. The number of carboxylic acid groups (broad SMARTS) is 1. The highest BCUT2D eigenvalue weighted by molar-refractivity contribution is 5.67. The Kier molecular flexibility index (Phi) is 8.96. The van der Waals surface area contributed by atoms with Gasteiger partial charge in [0.2, 0.25) is 0 Å². The summed E-state index contributed by atoms with van der Waals surface area (Å²) in [6.07, 6.45) is -1.19. The Bertz CT molecular complexity index is 1030. The molecule has 2 aromatic rings. The first kappa shape index (κ1) is 26.7. The van der Waals surface area contributed by atoms with E-state index in [1.165, 1.54) is 0 Å². The Labute approximate surface area is 205 Å². The van der Waals surface area contributed by atoms with Crippen molar-refractivity contribution in [1.29, 1.82) is 5.26 Å². The fourth-order valence-corrected chi connectivity index (χ4v) is 5.15. The van der Waals surface area contributed by atoms with Crippen molar-refractivity contribution in [3.8, 4) is 6.07 Å². The molecule has 0 bridgehead atoms. The van der Waals surface area contributed by atoms with Gasteiger partial charge in [-0.1, -0.05) is 38.1 Å². The zero-order chi connectivity index (χ0) is 25.6. The van der Waals surface area contributed by atoms with E-state index < -0.39 is 17.7 Å². The van der Waals surface area contributed by atoms with Crippen molar-refractivity contribution in [3.63, 3.8) is 0 Å². The molecule has 1 aliphatic rings. The second-order valence-corrected chi connectivity index (χ2v) is 10.0. The van der Waals surface area contributed by atoms with E-state index in [2.05, 4.69) is 24.8 Å². The van der Waals surface area contributed by atoms with Crippen LogP contribution in [0, 0.1) is 23.2 Å². The van der Waals surface area contributed by atoms with Crippen LogP contribution in [-0.2, 0) is 17.5 Å². The Balaban J connectivity index is 1.93. The number of hydrogen-bond acceptors (Lipinski definition) is 3. The molecule has 188 valence electrons. The molecule has 0 heterocycles. The monoisotopic (exact) mass is 486 g/mol. The van der Waals surface area contributed by atoms with Crippen LogP contribution in [0.15, 0.2) is 48.5 Å². The lowest BCUT2D eigenvalue weighted by molar-refractivity contribution is -0.139. The number of aliphatic carboxylic acids is 1. The molecule has 0 aliphatic heterocycles. The van der Waals surface area contributed by atoms with Gasteiger partial charge in [0.05, 0.1) is 17.2 Å². The number of carbonyl (C=O) groups is 1. The van der Waals surface area contributed by atoms with Crippen molar-refractivity contribution >= 4 is 5.97 Å². The number of nitriles is 1. The van der Waals surface area contributed by atoms with Crippen LogP contribution in [0.5, 0.6) is 0 Å². The van der Waals surface area contributed by atoms with E-state index >= 15 is 0 Å². The van der Waals surface area contributed by atoms with Gasteiger partial charge in [-0.3, -0.25) is 9.69 Å². The Morgan fingerprint density at radius 1 is 1.17 bits per heavy atom. The first-order valence-corrected chi connectivity index (χ1v) is 12.2. The molecule has 1 fully saturated rings. The molecular formula is C28H33F3N2O2. The van der Waals surface area contributed by atoms with Gasteiger partial charge in [0.1, 0.15) is 0 Å². The number of halogens is 3. The Hall–Kier alpha value is -2.85. The van der Waals surface area contributed by atoms with E-state index in [0.29, 0.717) is 24.4 Å². The highest BCUT2D eigenvalue weighted by Crippen LogP contribution is 2.42. The highest BCUT2D eigenvalue weighted by atomic mass is 19.4. The lowest BCUT2D eigenvalue weighted by atomic mass is 9.72. The molecule has 2 aromatic carbocycles. The van der Waals surface area contributed by atoms with Crippen LogP contribution in [0.25, 0.3) is 0 Å². The first-order chi connectivity index (χ1) is 16.6. The third kappa shape index (κ3) is 7.57. The minimum Gasteiger partial charge on any atom is -0.481 e. The normalized spacial score (nSPS) is 20.7. The summed E-state index contributed by atoms with van der Waals surface area (Å²) in [6, 6.07) is 15.1. The number of hydrogen-bond donors (Lipinski definition) is 1. The average molecular weight is 487 g/mol. The second-order valence-electron chi connectivity index (χ2n) is 10.0. The zero-order valence-corrected chi connectivity index (χ0v) is 20.3. The second kappa shape index (κ2) is 11.7. The fourth-order valence-electron chi connectivity index (χ4n) is 5.15. The van der Waals surface area contributed by atoms with Gasteiger partial charge >= 0.3 is 12.1 Å². The van der Waals surface area contributed by atoms with E-state index in [1.807, 2.05) is 18.2 Å². The number of nitrogens with zero attached hydrogens (tertiary/aromatic N) is 2. The van der Waals surface area contributed by atoms with E-state index in [0.717, 1.165) is 49.1 Å². The van der Waals surface area contributed by atoms with Crippen molar-refractivity contribution in [2.24, 2.45) is 11.8 Å². The van der Waals surface area contributed by atoms with Gasteiger partial charge in [-0.2, -0.15) is 18.4 Å². The summed E-state index contributed by atoms with van der Waals surface area (Å²) in [7, 11) is 0. The van der Waals surface area contributed by atoms with Crippen molar-refractivity contribution in [2.45, 2.75) is 70.6 Å². The maximum absolute atomic E-state index is 13.2. The van der Waals surface area contributed by atoms with Crippen LogP contribution < -0.4 is 0 Å². The molecule has 4 nitrogen and oxygen atoms in total. The third-order valence-corrected chi connectivity index (χ3v) is 6.96. The Morgan fingerprint density at radius 2 is 1.89 bits per heavy atom. The molecule has 0 radical (unpaired) electrons. The number of benzene rings is 2. The summed E-state index contributed by atoms with van der Waals surface area (Å²) in [5.41, 5.74) is 1.75. The van der Waals surface area contributed by atoms with Gasteiger partial charge in [0.25, 0.3) is 0 Å². The van der Waals surface area contributed by atoms with Crippen molar-refractivity contribution in [1.82, 2.24) is 4.90 Å². The summed E-state index contributed by atoms with van der Waals surface area (Å²) in [5.74, 6) is -0.438. The summed E-state index contributed by atoms with van der Waals surface area (Å²) < 4.78 is 39.5. The van der Waals surface area contributed by atoms with E-state index in [-0.39, 0.29) is 24.3 Å². The van der Waals surface area contributed by atoms with E-state index in [4.69, 9.17) is 0 Å². The van der Waals surface area contributed by atoms with Gasteiger partial charge in [0, 0.05) is 19.0 Å². The molecule has 3 rings (SSSR count). The smallest absolute Gasteiger partial charge is 0.416 e. The molecule has 1 N–H and O–H groups in total. The Morgan fingerprint density at radius 3 is 2.49 bits per heavy atom. The fraction of sp³-hybridized carbons (Fsp3) is 0.500. The van der Waals surface area contributed by atoms with Gasteiger partial charge < -0.3 is 5.11 Å². The maximum atomic E-state index is 13.2. The predicted molar refractivity (Wildman–Crippen MR) is 129 cm³/mol. The summed E-state index contributed by atoms with van der Waals surface area (Å²) in [5, 5.41) is 18.7. The number of rotatable bonds is 9. The van der Waals surface area contributed by atoms with Crippen LogP contribution in [0.4, 0.5) is 13.2 Å². The molecule has 0 aromatic heterocycles. The van der Waals surface area contributed by atoms with Gasteiger partial charge in [-0.15, -0.1) is 0 Å². The molecule has 0 amide bonds. The van der Waals surface area contributed by atoms with E-state index in [9.17, 15) is 28.3 Å². The summed E-state index contributed by atoms with van der Waals surface area (Å²) >= 11 is 0. The average Bonchev–Trinajstić information content (AvgIpc) is 2.81. The maximum Gasteiger partial charge on any atom is 0.416 e. The van der Waals surface area contributed by atoms with Crippen molar-refractivity contribution in [3.05, 3.63) is 70.8 Å². The zero-order valence-electron chi connectivity index (χ0n) is 20.3. The molecule has 35 heavy (non-hydrogen) atoms. The topological polar surface area (TPSA) is 64.3 Å². The summed E-state index contributed by atoms with van der Waals surface area (Å²) in [4.78, 5) is 13.8. The molecule has 7 heteroatoms. The predicted octanol–water partition coefficient (Wildman–Crippen LogP) is 6.85. The van der Waals surface area contributed by atoms with E-state index in [1.54, 1.807) is 18.2 Å². The molecule has 1 saturated carbocycles. The SMILES string of the molecule is CC(C)CCN(Cc1cccc(C#N)c1)[C@@H]1CCC(CC(=O)O)C[C@H]1c1ccc(C(F)(F)F)cc1. The van der Waals surface area contributed by atoms with Crippen molar-refractivity contribution in [2.75, 3.05) is 6.54 Å². The van der Waals surface area contributed by atoms with Crippen LogP contribution in [-0.4, -0.2) is 28.6 Å². The first-order valence-electron chi connectivity index (χ1n) is 12.2. The molecular weight excluding hydrogens is 453 g/mol. The largest absolute Gasteiger partial charge is 0.481 e. The number of alkyl halides is 3. The van der Waals surface area contributed by atoms with Crippen molar-refractivity contribution < 1.29 is 23.1 Å². The molecule has 0 saturated heterocycles. The molecule has 0 spiro atoms. The number of carboxylic acids is 1.